The molecule has 13 heavy (non-hydrogen) atoms. The third-order valence-electron chi connectivity index (χ3n) is 1.70. The second-order valence-corrected chi connectivity index (χ2v) is 4.31. The summed E-state index contributed by atoms with van der Waals surface area (Å²) in [5.41, 5.74) is 1.02. The van der Waals surface area contributed by atoms with Gasteiger partial charge in [0.25, 0.3) is 0 Å². The Balaban J connectivity index is 2.48. The van der Waals surface area contributed by atoms with E-state index >= 15 is 0 Å². The Hall–Kier alpha value is -0.930. The number of aryl methyl sites for hydroxylation is 1. The van der Waals surface area contributed by atoms with Crippen molar-refractivity contribution in [2.45, 2.75) is 6.92 Å². The molecule has 0 aliphatic rings. The van der Waals surface area contributed by atoms with Crippen molar-refractivity contribution in [1.82, 2.24) is 9.97 Å². The molecule has 2 heterocycles. The first-order chi connectivity index (χ1) is 6.27. The van der Waals surface area contributed by atoms with Gasteiger partial charge in [-0.15, -0.1) is 11.3 Å². The van der Waals surface area contributed by atoms with Crippen LogP contribution >= 0.6 is 22.9 Å². The monoisotopic (exact) mass is 210 g/mol. The van der Waals surface area contributed by atoms with E-state index in [9.17, 15) is 0 Å². The Morgan fingerprint density at radius 3 is 2.54 bits per heavy atom. The zero-order valence-electron chi connectivity index (χ0n) is 6.99. The molecule has 0 radical (unpaired) electrons. The zero-order valence-corrected chi connectivity index (χ0v) is 8.56. The van der Waals surface area contributed by atoms with Gasteiger partial charge in [-0.25, -0.2) is 9.97 Å². The van der Waals surface area contributed by atoms with Crippen LogP contribution in [0.4, 0.5) is 0 Å². The van der Waals surface area contributed by atoms with Gasteiger partial charge in [0.2, 0.25) is 0 Å². The lowest BCUT2D eigenvalue weighted by molar-refractivity contribution is 1.17. The number of thiophene rings is 1. The van der Waals surface area contributed by atoms with Gasteiger partial charge >= 0.3 is 0 Å². The molecule has 0 fully saturated rings. The highest BCUT2D eigenvalue weighted by molar-refractivity contribution is 7.16. The van der Waals surface area contributed by atoms with Crippen molar-refractivity contribution in [3.63, 3.8) is 0 Å². The Bertz CT molecular complexity index is 391. The molecule has 2 nitrogen and oxygen atoms in total. The summed E-state index contributed by atoms with van der Waals surface area (Å²) in [4.78, 5) is 10.1. The highest BCUT2D eigenvalue weighted by Gasteiger charge is 2.04. The molecule has 0 N–H and O–H groups in total. The van der Waals surface area contributed by atoms with E-state index in [0.717, 1.165) is 20.3 Å². The normalized spacial score (nSPS) is 10.3. The minimum absolute atomic E-state index is 0.809. The lowest BCUT2D eigenvalue weighted by Crippen LogP contribution is -1.77. The van der Waals surface area contributed by atoms with Crippen molar-refractivity contribution in [3.05, 3.63) is 34.7 Å². The highest BCUT2D eigenvalue weighted by Crippen LogP contribution is 2.32. The van der Waals surface area contributed by atoms with Gasteiger partial charge in [-0.05, 0) is 13.0 Å². The number of aromatic nitrogens is 2. The molecule has 4 heteroatoms. The van der Waals surface area contributed by atoms with Crippen LogP contribution < -0.4 is 0 Å². The average molecular weight is 211 g/mol. The third-order valence-corrected chi connectivity index (χ3v) is 3.31. The van der Waals surface area contributed by atoms with Gasteiger partial charge in [0.15, 0.2) is 0 Å². The second-order valence-electron chi connectivity index (χ2n) is 2.64. The van der Waals surface area contributed by atoms with Crippen molar-refractivity contribution in [2.75, 3.05) is 0 Å². The maximum Gasteiger partial charge on any atom is 0.115 e. The fraction of sp³-hybridized carbons (Fsp3) is 0.111. The van der Waals surface area contributed by atoms with Crippen LogP contribution in [0.15, 0.2) is 24.8 Å². The smallest absolute Gasteiger partial charge is 0.115 e. The predicted octanol–water partition coefficient (Wildman–Crippen LogP) is 3.17. The summed E-state index contributed by atoms with van der Waals surface area (Å²) in [6, 6.07) is 1.94. The first-order valence-electron chi connectivity index (χ1n) is 3.78. The Labute approximate surface area is 85.2 Å². The maximum atomic E-state index is 5.95. The molecule has 0 aromatic carbocycles. The molecule has 0 aliphatic carbocycles. The molecule has 2 aromatic heterocycles. The molecule has 0 aliphatic heterocycles. The number of nitrogens with zero attached hydrogens (tertiary/aromatic N) is 2. The first-order valence-corrected chi connectivity index (χ1v) is 4.98. The quantitative estimate of drug-likeness (QED) is 0.723. The van der Waals surface area contributed by atoms with E-state index in [1.165, 1.54) is 6.33 Å². The second kappa shape index (κ2) is 3.44. The Morgan fingerprint density at radius 2 is 2.00 bits per heavy atom. The number of rotatable bonds is 1. The zero-order chi connectivity index (χ0) is 9.26. The fourth-order valence-electron chi connectivity index (χ4n) is 1.03. The minimum Gasteiger partial charge on any atom is -0.244 e. The summed E-state index contributed by atoms with van der Waals surface area (Å²) in [6.07, 6.45) is 5.09. The van der Waals surface area contributed by atoms with Crippen molar-refractivity contribution < 1.29 is 0 Å². The van der Waals surface area contributed by atoms with Crippen molar-refractivity contribution in [2.24, 2.45) is 0 Å². The molecule has 0 atom stereocenters. The first kappa shape index (κ1) is 8.66. The SMILES string of the molecule is Cc1sc(-c2cncnc2)cc1Cl. The van der Waals surface area contributed by atoms with Crippen LogP contribution in [-0.4, -0.2) is 9.97 Å². The van der Waals surface area contributed by atoms with E-state index in [0.29, 0.717) is 0 Å². The van der Waals surface area contributed by atoms with Crippen LogP contribution in [0, 0.1) is 6.92 Å². The van der Waals surface area contributed by atoms with Gasteiger partial charge in [0.05, 0.1) is 5.02 Å². The highest BCUT2D eigenvalue weighted by atomic mass is 35.5. The van der Waals surface area contributed by atoms with E-state index < -0.39 is 0 Å². The molecule has 66 valence electrons. The predicted molar refractivity (Wildman–Crippen MR) is 55.1 cm³/mol. The molecule has 0 saturated heterocycles. The van der Waals surface area contributed by atoms with Gasteiger partial charge in [-0.2, -0.15) is 0 Å². The molecule has 0 bridgehead atoms. The van der Waals surface area contributed by atoms with Gasteiger partial charge in [0, 0.05) is 27.7 Å². The molecule has 2 aromatic rings. The molecule has 0 amide bonds. The molecule has 0 saturated carbocycles. The number of hydrogen-bond acceptors (Lipinski definition) is 3. The average Bonchev–Trinajstić information content (AvgIpc) is 2.49. The third kappa shape index (κ3) is 1.71. The summed E-state index contributed by atoms with van der Waals surface area (Å²) in [6.45, 7) is 2.00. The largest absolute Gasteiger partial charge is 0.244 e. The lowest BCUT2D eigenvalue weighted by atomic mass is 10.3. The lowest BCUT2D eigenvalue weighted by Gasteiger charge is -1.92. The molecular formula is C9H7ClN2S. The topological polar surface area (TPSA) is 25.8 Å². The molecular weight excluding hydrogens is 204 g/mol. The number of hydrogen-bond donors (Lipinski definition) is 0. The summed E-state index contributed by atoms with van der Waals surface area (Å²) in [5, 5.41) is 0.809. The van der Waals surface area contributed by atoms with Crippen molar-refractivity contribution >= 4 is 22.9 Å². The summed E-state index contributed by atoms with van der Waals surface area (Å²) in [5.74, 6) is 0. The Kier molecular flexibility index (Phi) is 2.29. The van der Waals surface area contributed by atoms with Gasteiger partial charge < -0.3 is 0 Å². The van der Waals surface area contributed by atoms with Crippen LogP contribution in [0.5, 0.6) is 0 Å². The van der Waals surface area contributed by atoms with Gasteiger partial charge in [-0.1, -0.05) is 11.6 Å². The van der Waals surface area contributed by atoms with Crippen LogP contribution in [0.2, 0.25) is 5.02 Å². The van der Waals surface area contributed by atoms with Crippen LogP contribution in [0.1, 0.15) is 4.88 Å². The summed E-state index contributed by atoms with van der Waals surface area (Å²) < 4.78 is 0. The summed E-state index contributed by atoms with van der Waals surface area (Å²) >= 11 is 7.60. The van der Waals surface area contributed by atoms with Gasteiger partial charge in [0.1, 0.15) is 6.33 Å². The van der Waals surface area contributed by atoms with E-state index in [1.807, 2.05) is 13.0 Å². The molecule has 0 spiro atoms. The minimum atomic E-state index is 0.809. The van der Waals surface area contributed by atoms with Crippen molar-refractivity contribution in [1.29, 1.82) is 0 Å². The van der Waals surface area contributed by atoms with E-state index in [-0.39, 0.29) is 0 Å². The fourth-order valence-corrected chi connectivity index (χ4v) is 2.20. The van der Waals surface area contributed by atoms with Crippen LogP contribution in [0.3, 0.4) is 0 Å². The standard InChI is InChI=1S/C9H7ClN2S/c1-6-8(10)2-9(13-6)7-3-11-5-12-4-7/h2-5H,1H3. The Morgan fingerprint density at radius 1 is 1.31 bits per heavy atom. The maximum absolute atomic E-state index is 5.95. The molecule has 2 rings (SSSR count). The van der Waals surface area contributed by atoms with Crippen LogP contribution in [-0.2, 0) is 0 Å². The van der Waals surface area contributed by atoms with E-state index in [1.54, 1.807) is 23.7 Å². The number of halogens is 1. The van der Waals surface area contributed by atoms with E-state index in [4.69, 9.17) is 11.6 Å². The molecule has 0 unspecified atom stereocenters. The van der Waals surface area contributed by atoms with Crippen molar-refractivity contribution in [3.8, 4) is 10.4 Å². The van der Waals surface area contributed by atoms with Gasteiger partial charge in [-0.3, -0.25) is 0 Å². The van der Waals surface area contributed by atoms with Crippen LogP contribution in [0.25, 0.3) is 10.4 Å². The van der Waals surface area contributed by atoms with E-state index in [2.05, 4.69) is 9.97 Å². The summed E-state index contributed by atoms with van der Waals surface area (Å²) in [7, 11) is 0.